The summed E-state index contributed by atoms with van der Waals surface area (Å²) in [4.78, 5) is 0. The van der Waals surface area contributed by atoms with Gasteiger partial charge >= 0.3 is 0 Å². The first-order valence-electron chi connectivity index (χ1n) is 5.20. The standard InChI is InChI=1S/C14H22/c1-7-9-12(5)14(8-2)10-13(6)11(3)4/h8-10H,3,7H2,1-2,4-6H3/b12-9-,13-10+,14-8-. The van der Waals surface area contributed by atoms with Gasteiger partial charge in [0.05, 0.1) is 0 Å². The lowest BCUT2D eigenvalue weighted by atomic mass is 10.0. The van der Waals surface area contributed by atoms with Gasteiger partial charge in [0.15, 0.2) is 0 Å². The molecule has 0 fully saturated rings. The number of rotatable bonds is 4. The Labute approximate surface area is 88.7 Å². The molecule has 0 spiro atoms. The zero-order chi connectivity index (χ0) is 11.1. The Bertz CT molecular complexity index is 285. The summed E-state index contributed by atoms with van der Waals surface area (Å²) < 4.78 is 0. The van der Waals surface area contributed by atoms with Gasteiger partial charge in [-0.2, -0.15) is 0 Å². The molecule has 0 aromatic rings. The van der Waals surface area contributed by atoms with Crippen molar-refractivity contribution in [3.05, 3.63) is 47.1 Å². The van der Waals surface area contributed by atoms with Gasteiger partial charge in [0, 0.05) is 0 Å². The van der Waals surface area contributed by atoms with Crippen molar-refractivity contribution in [1.82, 2.24) is 0 Å². The number of hydrogen-bond acceptors (Lipinski definition) is 0. The minimum Gasteiger partial charge on any atom is -0.0958 e. The molecule has 14 heavy (non-hydrogen) atoms. The minimum atomic E-state index is 1.09. The quantitative estimate of drug-likeness (QED) is 0.558. The van der Waals surface area contributed by atoms with Crippen LogP contribution in [0.15, 0.2) is 47.1 Å². The molecule has 0 rings (SSSR count). The Balaban J connectivity index is 4.87. The van der Waals surface area contributed by atoms with Crippen LogP contribution in [-0.2, 0) is 0 Å². The van der Waals surface area contributed by atoms with Crippen molar-refractivity contribution >= 4 is 0 Å². The molecule has 0 aliphatic carbocycles. The molecule has 0 saturated carbocycles. The van der Waals surface area contributed by atoms with Crippen LogP contribution in [0.4, 0.5) is 0 Å². The fraction of sp³-hybridized carbons (Fsp3) is 0.429. The van der Waals surface area contributed by atoms with E-state index >= 15 is 0 Å². The maximum Gasteiger partial charge on any atom is -0.0271 e. The summed E-state index contributed by atoms with van der Waals surface area (Å²) in [6.45, 7) is 14.5. The Morgan fingerprint density at radius 1 is 1.14 bits per heavy atom. The average molecular weight is 190 g/mol. The van der Waals surface area contributed by atoms with Gasteiger partial charge in [-0.1, -0.05) is 37.3 Å². The van der Waals surface area contributed by atoms with Crippen LogP contribution in [0.25, 0.3) is 0 Å². The van der Waals surface area contributed by atoms with Gasteiger partial charge in [0.1, 0.15) is 0 Å². The smallest absolute Gasteiger partial charge is 0.0271 e. The second-order valence-electron chi connectivity index (χ2n) is 3.65. The molecule has 78 valence electrons. The lowest BCUT2D eigenvalue weighted by molar-refractivity contribution is 1.18. The highest BCUT2D eigenvalue weighted by Gasteiger charge is 1.96. The van der Waals surface area contributed by atoms with E-state index < -0.39 is 0 Å². The van der Waals surface area contributed by atoms with Gasteiger partial charge in [-0.25, -0.2) is 0 Å². The van der Waals surface area contributed by atoms with E-state index in [9.17, 15) is 0 Å². The van der Waals surface area contributed by atoms with E-state index in [0.29, 0.717) is 0 Å². The highest BCUT2D eigenvalue weighted by atomic mass is 14.0. The Morgan fingerprint density at radius 2 is 1.71 bits per heavy atom. The largest absolute Gasteiger partial charge is 0.0958 e. The molecule has 0 N–H and O–H groups in total. The topological polar surface area (TPSA) is 0 Å². The first-order chi connectivity index (χ1) is 6.52. The maximum atomic E-state index is 3.93. The van der Waals surface area contributed by atoms with Crippen LogP contribution in [0.2, 0.25) is 0 Å². The minimum absolute atomic E-state index is 1.09. The molecule has 0 amide bonds. The fourth-order valence-electron chi connectivity index (χ4n) is 1.21. The van der Waals surface area contributed by atoms with E-state index in [0.717, 1.165) is 12.0 Å². The van der Waals surface area contributed by atoms with Crippen LogP contribution < -0.4 is 0 Å². The molecule has 0 aliphatic heterocycles. The van der Waals surface area contributed by atoms with Crippen molar-refractivity contribution in [2.75, 3.05) is 0 Å². The maximum absolute atomic E-state index is 3.93. The molecular weight excluding hydrogens is 168 g/mol. The summed E-state index contributed by atoms with van der Waals surface area (Å²) >= 11 is 0. The normalized spacial score (nSPS) is 14.5. The lowest BCUT2D eigenvalue weighted by Crippen LogP contribution is -1.85. The fourth-order valence-corrected chi connectivity index (χ4v) is 1.21. The molecule has 0 unspecified atom stereocenters. The zero-order valence-electron chi connectivity index (χ0n) is 10.1. The predicted molar refractivity (Wildman–Crippen MR) is 66.4 cm³/mol. The van der Waals surface area contributed by atoms with E-state index in [-0.39, 0.29) is 0 Å². The van der Waals surface area contributed by atoms with Gasteiger partial charge < -0.3 is 0 Å². The van der Waals surface area contributed by atoms with Crippen LogP contribution >= 0.6 is 0 Å². The first-order valence-corrected chi connectivity index (χ1v) is 5.20. The predicted octanol–water partition coefficient (Wildman–Crippen LogP) is 4.81. The van der Waals surface area contributed by atoms with Gasteiger partial charge in [0.2, 0.25) is 0 Å². The van der Waals surface area contributed by atoms with Crippen LogP contribution in [0, 0.1) is 0 Å². The third-order valence-corrected chi connectivity index (χ3v) is 2.32. The van der Waals surface area contributed by atoms with E-state index in [2.05, 4.69) is 52.5 Å². The highest BCUT2D eigenvalue weighted by Crippen LogP contribution is 2.16. The van der Waals surface area contributed by atoms with Crippen molar-refractivity contribution in [3.63, 3.8) is 0 Å². The van der Waals surface area contributed by atoms with E-state index in [1.54, 1.807) is 0 Å². The third kappa shape index (κ3) is 4.27. The Hall–Kier alpha value is -1.04. The summed E-state index contributed by atoms with van der Waals surface area (Å²) in [5, 5.41) is 0. The van der Waals surface area contributed by atoms with Gasteiger partial charge in [-0.15, -0.1) is 0 Å². The highest BCUT2D eigenvalue weighted by molar-refractivity contribution is 5.43. The van der Waals surface area contributed by atoms with Crippen molar-refractivity contribution in [1.29, 1.82) is 0 Å². The van der Waals surface area contributed by atoms with Crippen molar-refractivity contribution in [2.45, 2.75) is 41.0 Å². The Kier molecular flexibility index (Phi) is 5.94. The summed E-state index contributed by atoms with van der Waals surface area (Å²) in [6.07, 6.45) is 7.68. The summed E-state index contributed by atoms with van der Waals surface area (Å²) in [5.74, 6) is 0. The van der Waals surface area contributed by atoms with Crippen LogP contribution in [0.5, 0.6) is 0 Å². The lowest BCUT2D eigenvalue weighted by Gasteiger charge is -2.05. The summed E-state index contributed by atoms with van der Waals surface area (Å²) in [6, 6.07) is 0. The molecule has 0 aromatic heterocycles. The zero-order valence-corrected chi connectivity index (χ0v) is 10.1. The molecule has 0 atom stereocenters. The third-order valence-electron chi connectivity index (χ3n) is 2.32. The first kappa shape index (κ1) is 13.0. The molecule has 0 heteroatoms. The Morgan fingerprint density at radius 3 is 2.07 bits per heavy atom. The molecule has 0 aliphatic rings. The monoisotopic (exact) mass is 190 g/mol. The van der Waals surface area contributed by atoms with E-state index in [4.69, 9.17) is 0 Å². The molecule has 0 nitrogen and oxygen atoms in total. The van der Waals surface area contributed by atoms with Gasteiger partial charge in [-0.3, -0.25) is 0 Å². The van der Waals surface area contributed by atoms with Gasteiger partial charge in [0.25, 0.3) is 0 Å². The average Bonchev–Trinajstić information content (AvgIpc) is 2.13. The van der Waals surface area contributed by atoms with E-state index in [1.807, 2.05) is 6.92 Å². The molecule has 0 radical (unpaired) electrons. The van der Waals surface area contributed by atoms with Crippen molar-refractivity contribution in [3.8, 4) is 0 Å². The molecule has 0 bridgehead atoms. The number of hydrogen-bond donors (Lipinski definition) is 0. The summed E-state index contributed by atoms with van der Waals surface area (Å²) in [7, 11) is 0. The number of allylic oxidation sites excluding steroid dienone is 7. The van der Waals surface area contributed by atoms with Crippen molar-refractivity contribution < 1.29 is 0 Å². The molecular formula is C14H22. The van der Waals surface area contributed by atoms with Crippen LogP contribution in [0.3, 0.4) is 0 Å². The second-order valence-corrected chi connectivity index (χ2v) is 3.65. The van der Waals surface area contributed by atoms with E-state index in [1.165, 1.54) is 16.7 Å². The van der Waals surface area contributed by atoms with Crippen LogP contribution in [0.1, 0.15) is 41.0 Å². The second kappa shape index (κ2) is 6.42. The summed E-state index contributed by atoms with van der Waals surface area (Å²) in [5.41, 5.74) is 5.03. The van der Waals surface area contributed by atoms with Gasteiger partial charge in [-0.05, 0) is 50.8 Å². The van der Waals surface area contributed by atoms with Crippen LogP contribution in [-0.4, -0.2) is 0 Å². The molecule has 0 heterocycles. The molecule has 0 saturated heterocycles. The SMILES string of the molecule is C=C(C)/C(C)=C/C(=C/C)C(/C)=C\CC. The molecule has 0 aromatic carbocycles. The van der Waals surface area contributed by atoms with Crippen molar-refractivity contribution in [2.24, 2.45) is 0 Å².